The summed E-state index contributed by atoms with van der Waals surface area (Å²) in [4.78, 5) is 4.07. The minimum absolute atomic E-state index is 0.314. The molecule has 0 radical (unpaired) electrons. The molecule has 16 heavy (non-hydrogen) atoms. The third-order valence-corrected chi connectivity index (χ3v) is 5.24. The number of thiophene rings is 1. The number of halogens is 1. The minimum atomic E-state index is 0.314. The van der Waals surface area contributed by atoms with E-state index in [1.165, 1.54) is 15.8 Å². The van der Waals surface area contributed by atoms with Gasteiger partial charge < -0.3 is 5.32 Å². The zero-order valence-corrected chi connectivity index (χ0v) is 12.3. The molecule has 0 aliphatic carbocycles. The highest BCUT2D eigenvalue weighted by Crippen LogP contribution is 2.27. The van der Waals surface area contributed by atoms with Gasteiger partial charge in [0.15, 0.2) is 0 Å². The van der Waals surface area contributed by atoms with Gasteiger partial charge in [-0.3, -0.25) is 4.90 Å². The maximum absolute atomic E-state index is 3.52. The molecule has 0 spiro atoms. The lowest BCUT2D eigenvalue weighted by atomic mass is 9.94. The van der Waals surface area contributed by atoms with Gasteiger partial charge in [-0.2, -0.15) is 0 Å². The van der Waals surface area contributed by atoms with Crippen LogP contribution in [0.5, 0.6) is 0 Å². The van der Waals surface area contributed by atoms with Crippen molar-refractivity contribution in [1.29, 1.82) is 0 Å². The second-order valence-corrected chi connectivity index (χ2v) is 6.59. The number of rotatable bonds is 3. The van der Waals surface area contributed by atoms with E-state index < -0.39 is 0 Å². The number of nitrogens with one attached hydrogen (secondary N) is 1. The summed E-state index contributed by atoms with van der Waals surface area (Å²) in [5.41, 5.74) is 0.314. The first-order valence-corrected chi connectivity index (χ1v) is 7.50. The molecule has 1 atom stereocenters. The van der Waals surface area contributed by atoms with Crippen LogP contribution in [0.3, 0.4) is 0 Å². The minimum Gasteiger partial charge on any atom is -0.314 e. The number of hydrogen-bond acceptors (Lipinski definition) is 3. The van der Waals surface area contributed by atoms with E-state index in [2.05, 4.69) is 51.4 Å². The average Bonchev–Trinajstić information content (AvgIpc) is 2.68. The molecule has 1 fully saturated rings. The standard InChI is InChI=1S/C12H19BrN2S/c1-3-12(2)9-14-4-5-15(12)7-11-6-10(13)8-16-11/h6,8,14H,3-5,7,9H2,1-2H3. The lowest BCUT2D eigenvalue weighted by Gasteiger charge is -2.44. The van der Waals surface area contributed by atoms with Crippen molar-refractivity contribution in [2.75, 3.05) is 19.6 Å². The fourth-order valence-corrected chi connectivity index (χ4v) is 3.66. The Labute approximate surface area is 110 Å². The van der Waals surface area contributed by atoms with E-state index in [-0.39, 0.29) is 0 Å². The first-order valence-electron chi connectivity index (χ1n) is 5.83. The maximum Gasteiger partial charge on any atom is 0.0334 e. The van der Waals surface area contributed by atoms with Gasteiger partial charge in [-0.25, -0.2) is 0 Å². The van der Waals surface area contributed by atoms with Gasteiger partial charge in [0.1, 0.15) is 0 Å². The smallest absolute Gasteiger partial charge is 0.0334 e. The fourth-order valence-electron chi connectivity index (χ4n) is 2.20. The first-order chi connectivity index (χ1) is 7.64. The summed E-state index contributed by atoms with van der Waals surface area (Å²) in [7, 11) is 0. The number of nitrogens with zero attached hydrogens (tertiary/aromatic N) is 1. The van der Waals surface area contributed by atoms with E-state index in [9.17, 15) is 0 Å². The quantitative estimate of drug-likeness (QED) is 0.923. The van der Waals surface area contributed by atoms with Crippen molar-refractivity contribution < 1.29 is 0 Å². The highest BCUT2D eigenvalue weighted by atomic mass is 79.9. The summed E-state index contributed by atoms with van der Waals surface area (Å²) in [5.74, 6) is 0. The first kappa shape index (κ1) is 12.6. The molecule has 1 aromatic rings. The van der Waals surface area contributed by atoms with Crippen LogP contribution in [0, 0.1) is 0 Å². The van der Waals surface area contributed by atoms with E-state index >= 15 is 0 Å². The van der Waals surface area contributed by atoms with Gasteiger partial charge in [0.2, 0.25) is 0 Å². The second kappa shape index (κ2) is 5.17. The van der Waals surface area contributed by atoms with Crippen LogP contribution in [0.15, 0.2) is 15.9 Å². The van der Waals surface area contributed by atoms with Crippen molar-refractivity contribution in [1.82, 2.24) is 10.2 Å². The summed E-state index contributed by atoms with van der Waals surface area (Å²) in [6, 6.07) is 2.24. The SMILES string of the molecule is CCC1(C)CNCCN1Cc1cc(Br)cs1. The summed E-state index contributed by atoms with van der Waals surface area (Å²) >= 11 is 5.37. The molecule has 1 N–H and O–H groups in total. The third kappa shape index (κ3) is 2.67. The van der Waals surface area contributed by atoms with E-state index in [1.807, 2.05) is 11.3 Å². The molecule has 2 rings (SSSR count). The molecule has 1 unspecified atom stereocenters. The molecule has 0 aromatic carbocycles. The Morgan fingerprint density at radius 1 is 1.62 bits per heavy atom. The molecule has 0 saturated carbocycles. The predicted molar refractivity (Wildman–Crippen MR) is 74.0 cm³/mol. The molecule has 2 heterocycles. The van der Waals surface area contributed by atoms with Crippen molar-refractivity contribution >= 4 is 27.3 Å². The molecule has 1 saturated heterocycles. The second-order valence-electron chi connectivity index (χ2n) is 4.68. The molecule has 1 aliphatic rings. The van der Waals surface area contributed by atoms with Crippen LogP contribution in [0.2, 0.25) is 0 Å². The van der Waals surface area contributed by atoms with Gasteiger partial charge in [-0.15, -0.1) is 11.3 Å². The summed E-state index contributed by atoms with van der Waals surface area (Å²) in [5, 5.41) is 5.67. The molecule has 90 valence electrons. The monoisotopic (exact) mass is 302 g/mol. The van der Waals surface area contributed by atoms with Crippen LogP contribution >= 0.6 is 27.3 Å². The third-order valence-electron chi connectivity index (χ3n) is 3.56. The Balaban J connectivity index is 2.07. The van der Waals surface area contributed by atoms with Crippen molar-refractivity contribution in [3.8, 4) is 0 Å². The van der Waals surface area contributed by atoms with Crippen LogP contribution < -0.4 is 5.32 Å². The van der Waals surface area contributed by atoms with Crippen LogP contribution in [0.25, 0.3) is 0 Å². The highest BCUT2D eigenvalue weighted by molar-refractivity contribution is 9.10. The Hall–Kier alpha value is 0.1000. The predicted octanol–water partition coefficient (Wildman–Crippen LogP) is 3.08. The zero-order chi connectivity index (χ0) is 11.6. The molecule has 4 heteroatoms. The Morgan fingerprint density at radius 2 is 2.44 bits per heavy atom. The summed E-state index contributed by atoms with van der Waals surface area (Å²) in [6.45, 7) is 9.10. The normalized spacial score (nSPS) is 27.2. The van der Waals surface area contributed by atoms with Gasteiger partial charge >= 0.3 is 0 Å². The lowest BCUT2D eigenvalue weighted by molar-refractivity contribution is 0.0647. The van der Waals surface area contributed by atoms with Gasteiger partial charge in [0.25, 0.3) is 0 Å². The van der Waals surface area contributed by atoms with Crippen molar-refractivity contribution in [2.45, 2.75) is 32.4 Å². The highest BCUT2D eigenvalue weighted by Gasteiger charge is 2.32. The van der Waals surface area contributed by atoms with Crippen LogP contribution in [0.1, 0.15) is 25.1 Å². The van der Waals surface area contributed by atoms with E-state index in [1.54, 1.807) is 0 Å². The summed E-state index contributed by atoms with van der Waals surface area (Å²) in [6.07, 6.45) is 1.20. The maximum atomic E-state index is 3.52. The van der Waals surface area contributed by atoms with Gasteiger partial charge in [-0.05, 0) is 35.3 Å². The molecule has 0 amide bonds. The van der Waals surface area contributed by atoms with Crippen LogP contribution in [0.4, 0.5) is 0 Å². The van der Waals surface area contributed by atoms with Crippen molar-refractivity contribution in [3.63, 3.8) is 0 Å². The zero-order valence-electron chi connectivity index (χ0n) is 9.92. The van der Waals surface area contributed by atoms with Gasteiger partial charge in [0.05, 0.1) is 0 Å². The van der Waals surface area contributed by atoms with E-state index in [4.69, 9.17) is 0 Å². The average molecular weight is 303 g/mol. The largest absolute Gasteiger partial charge is 0.314 e. The van der Waals surface area contributed by atoms with Crippen molar-refractivity contribution in [3.05, 3.63) is 20.8 Å². The lowest BCUT2D eigenvalue weighted by Crippen LogP contribution is -2.58. The molecule has 1 aromatic heterocycles. The van der Waals surface area contributed by atoms with Crippen molar-refractivity contribution in [2.24, 2.45) is 0 Å². The van der Waals surface area contributed by atoms with Gasteiger partial charge in [0, 0.05) is 46.4 Å². The van der Waals surface area contributed by atoms with Crippen LogP contribution in [-0.4, -0.2) is 30.1 Å². The Bertz CT molecular complexity index is 353. The summed E-state index contributed by atoms with van der Waals surface area (Å²) < 4.78 is 1.21. The Kier molecular flexibility index (Phi) is 4.06. The molecular formula is C12H19BrN2S. The molecular weight excluding hydrogens is 284 g/mol. The molecule has 2 nitrogen and oxygen atoms in total. The van der Waals surface area contributed by atoms with E-state index in [0.717, 1.165) is 26.2 Å². The number of piperazine rings is 1. The molecule has 0 bridgehead atoms. The molecule has 1 aliphatic heterocycles. The Morgan fingerprint density at radius 3 is 3.06 bits per heavy atom. The number of hydrogen-bond donors (Lipinski definition) is 1. The topological polar surface area (TPSA) is 15.3 Å². The fraction of sp³-hybridized carbons (Fsp3) is 0.667. The van der Waals surface area contributed by atoms with Gasteiger partial charge in [-0.1, -0.05) is 6.92 Å². The van der Waals surface area contributed by atoms with Crippen LogP contribution in [-0.2, 0) is 6.54 Å². The van der Waals surface area contributed by atoms with E-state index in [0.29, 0.717) is 5.54 Å².